The van der Waals surface area contributed by atoms with Gasteiger partial charge in [-0.05, 0) is 12.2 Å². The Morgan fingerprint density at radius 3 is 3.05 bits per heavy atom. The number of amides is 2. The van der Waals surface area contributed by atoms with Crippen molar-refractivity contribution >= 4 is 23.5 Å². The number of hydrogen-bond acceptors (Lipinski definition) is 5. The predicted octanol–water partition coefficient (Wildman–Crippen LogP) is 0.739. The topological polar surface area (TPSA) is 82.3 Å². The SMILES string of the molecule is O=C(NC[C@]1(N2CCOCC2)CCSC1)Nc1cn[nH]c1. The molecule has 3 heterocycles. The molecule has 2 fully saturated rings. The zero-order chi connectivity index (χ0) is 14.5. The number of urea groups is 1. The second kappa shape index (κ2) is 6.67. The number of aromatic amines is 1. The molecule has 0 saturated carbocycles. The summed E-state index contributed by atoms with van der Waals surface area (Å²) >= 11 is 1.96. The number of nitrogens with one attached hydrogen (secondary N) is 3. The lowest BCUT2D eigenvalue weighted by atomic mass is 9.95. The van der Waals surface area contributed by atoms with Crippen LogP contribution in [0.25, 0.3) is 0 Å². The van der Waals surface area contributed by atoms with Gasteiger partial charge >= 0.3 is 6.03 Å². The summed E-state index contributed by atoms with van der Waals surface area (Å²) in [6.07, 6.45) is 4.36. The third-order valence-electron chi connectivity index (χ3n) is 4.10. The second-order valence-electron chi connectivity index (χ2n) is 5.42. The molecule has 116 valence electrons. The van der Waals surface area contributed by atoms with E-state index in [9.17, 15) is 4.79 Å². The first-order valence-corrected chi connectivity index (χ1v) is 8.38. The summed E-state index contributed by atoms with van der Waals surface area (Å²) in [6.45, 7) is 4.14. The lowest BCUT2D eigenvalue weighted by Gasteiger charge is -2.42. The van der Waals surface area contributed by atoms with E-state index in [0.717, 1.165) is 44.2 Å². The van der Waals surface area contributed by atoms with E-state index in [1.165, 1.54) is 0 Å². The molecule has 2 aliphatic heterocycles. The van der Waals surface area contributed by atoms with Crippen molar-refractivity contribution in [3.63, 3.8) is 0 Å². The number of anilines is 1. The van der Waals surface area contributed by atoms with E-state index in [1.807, 2.05) is 11.8 Å². The highest BCUT2D eigenvalue weighted by Crippen LogP contribution is 2.33. The summed E-state index contributed by atoms with van der Waals surface area (Å²) in [7, 11) is 0. The number of thioether (sulfide) groups is 1. The lowest BCUT2D eigenvalue weighted by Crippen LogP contribution is -2.59. The quantitative estimate of drug-likeness (QED) is 0.764. The molecule has 2 aliphatic rings. The molecule has 0 bridgehead atoms. The molecule has 3 rings (SSSR count). The van der Waals surface area contributed by atoms with Crippen molar-refractivity contribution in [2.45, 2.75) is 12.0 Å². The Kier molecular flexibility index (Phi) is 4.67. The van der Waals surface area contributed by atoms with Crippen molar-refractivity contribution < 1.29 is 9.53 Å². The van der Waals surface area contributed by atoms with Gasteiger partial charge in [0.05, 0.1) is 25.1 Å². The molecule has 1 aromatic rings. The number of hydrogen-bond donors (Lipinski definition) is 3. The van der Waals surface area contributed by atoms with Crippen molar-refractivity contribution in [2.75, 3.05) is 49.7 Å². The second-order valence-corrected chi connectivity index (χ2v) is 6.53. The maximum Gasteiger partial charge on any atom is 0.319 e. The minimum Gasteiger partial charge on any atom is -0.379 e. The molecule has 0 spiro atoms. The van der Waals surface area contributed by atoms with Crippen LogP contribution in [0.2, 0.25) is 0 Å². The van der Waals surface area contributed by atoms with E-state index in [4.69, 9.17) is 4.74 Å². The number of ether oxygens (including phenoxy) is 1. The summed E-state index contributed by atoms with van der Waals surface area (Å²) in [5.41, 5.74) is 0.746. The van der Waals surface area contributed by atoms with Crippen LogP contribution in [0.1, 0.15) is 6.42 Å². The predicted molar refractivity (Wildman–Crippen MR) is 82.7 cm³/mol. The third-order valence-corrected chi connectivity index (χ3v) is 5.33. The van der Waals surface area contributed by atoms with E-state index in [2.05, 4.69) is 25.7 Å². The van der Waals surface area contributed by atoms with Gasteiger partial charge < -0.3 is 15.4 Å². The first-order valence-electron chi connectivity index (χ1n) is 7.23. The first kappa shape index (κ1) is 14.7. The fraction of sp³-hybridized carbons (Fsp3) is 0.692. The molecule has 1 aromatic heterocycles. The number of nitrogens with zero attached hydrogens (tertiary/aromatic N) is 2. The van der Waals surface area contributed by atoms with Crippen molar-refractivity contribution in [1.82, 2.24) is 20.4 Å². The van der Waals surface area contributed by atoms with Crippen LogP contribution >= 0.6 is 11.8 Å². The summed E-state index contributed by atoms with van der Waals surface area (Å²) in [4.78, 5) is 14.5. The Bertz CT molecular complexity index is 455. The van der Waals surface area contributed by atoms with Crippen molar-refractivity contribution in [3.05, 3.63) is 12.4 Å². The van der Waals surface area contributed by atoms with Gasteiger partial charge in [0.25, 0.3) is 0 Å². The van der Waals surface area contributed by atoms with Gasteiger partial charge in [-0.25, -0.2) is 4.79 Å². The highest BCUT2D eigenvalue weighted by Gasteiger charge is 2.40. The number of morpholine rings is 1. The maximum atomic E-state index is 12.0. The van der Waals surface area contributed by atoms with Gasteiger partial charge in [0.15, 0.2) is 0 Å². The molecule has 1 atom stereocenters. The Morgan fingerprint density at radius 2 is 2.38 bits per heavy atom. The standard InChI is InChI=1S/C13H21N5O2S/c19-12(17-11-7-15-16-8-11)14-9-13(1-6-21-10-13)18-2-4-20-5-3-18/h7-8H,1-6,9-10H2,(H,15,16)(H2,14,17,19)/t13-/m1/s1. The molecule has 7 nitrogen and oxygen atoms in total. The van der Waals surface area contributed by atoms with Crippen LogP contribution in [-0.2, 0) is 4.74 Å². The smallest absolute Gasteiger partial charge is 0.319 e. The number of H-pyrrole nitrogens is 1. The van der Waals surface area contributed by atoms with Crippen LogP contribution < -0.4 is 10.6 Å². The summed E-state index contributed by atoms with van der Waals surface area (Å²) < 4.78 is 5.44. The van der Waals surface area contributed by atoms with E-state index in [1.54, 1.807) is 12.4 Å². The molecule has 0 radical (unpaired) electrons. The number of carbonyl (C=O) groups is 1. The van der Waals surface area contributed by atoms with Crippen molar-refractivity contribution in [1.29, 1.82) is 0 Å². The first-order chi connectivity index (χ1) is 10.3. The molecule has 21 heavy (non-hydrogen) atoms. The summed E-state index contributed by atoms with van der Waals surface area (Å²) in [5, 5.41) is 12.3. The molecule has 2 amide bonds. The van der Waals surface area contributed by atoms with Gasteiger partial charge in [-0.2, -0.15) is 16.9 Å². The van der Waals surface area contributed by atoms with E-state index in [0.29, 0.717) is 12.2 Å². The van der Waals surface area contributed by atoms with Crippen molar-refractivity contribution in [3.8, 4) is 0 Å². The van der Waals surface area contributed by atoms with Crippen LogP contribution in [0.4, 0.5) is 10.5 Å². The van der Waals surface area contributed by atoms with Crippen LogP contribution in [0.15, 0.2) is 12.4 Å². The fourth-order valence-corrected chi connectivity index (χ4v) is 4.35. The zero-order valence-corrected chi connectivity index (χ0v) is 12.7. The van der Waals surface area contributed by atoms with Crippen LogP contribution in [0.5, 0.6) is 0 Å². The molecule has 0 aromatic carbocycles. The van der Waals surface area contributed by atoms with Crippen LogP contribution in [0, 0.1) is 0 Å². The molecular weight excluding hydrogens is 290 g/mol. The average molecular weight is 311 g/mol. The molecule has 8 heteroatoms. The number of carbonyl (C=O) groups excluding carboxylic acids is 1. The minimum absolute atomic E-state index is 0.0716. The average Bonchev–Trinajstić information content (AvgIpc) is 3.18. The van der Waals surface area contributed by atoms with E-state index < -0.39 is 0 Å². The molecule has 0 aliphatic carbocycles. The summed E-state index contributed by atoms with van der Waals surface area (Å²) in [6, 6.07) is -0.180. The van der Waals surface area contributed by atoms with Crippen LogP contribution in [0.3, 0.4) is 0 Å². The minimum atomic E-state index is -0.180. The fourth-order valence-electron chi connectivity index (χ4n) is 2.87. The maximum absolute atomic E-state index is 12.0. The Hall–Kier alpha value is -1.25. The summed E-state index contributed by atoms with van der Waals surface area (Å²) in [5.74, 6) is 2.22. The molecule has 0 unspecified atom stereocenters. The van der Waals surface area contributed by atoms with Gasteiger partial charge in [-0.3, -0.25) is 10.00 Å². The Balaban J connectivity index is 1.56. The van der Waals surface area contributed by atoms with Gasteiger partial charge in [-0.15, -0.1) is 0 Å². The highest BCUT2D eigenvalue weighted by molar-refractivity contribution is 7.99. The molecule has 2 saturated heterocycles. The highest BCUT2D eigenvalue weighted by atomic mass is 32.2. The van der Waals surface area contributed by atoms with Crippen molar-refractivity contribution in [2.24, 2.45) is 0 Å². The third kappa shape index (κ3) is 3.50. The normalized spacial score (nSPS) is 26.7. The van der Waals surface area contributed by atoms with Gasteiger partial charge in [0.1, 0.15) is 0 Å². The van der Waals surface area contributed by atoms with Gasteiger partial charge in [-0.1, -0.05) is 0 Å². The van der Waals surface area contributed by atoms with Gasteiger partial charge in [0, 0.05) is 37.1 Å². The largest absolute Gasteiger partial charge is 0.379 e. The number of aromatic nitrogens is 2. The Morgan fingerprint density at radius 1 is 1.52 bits per heavy atom. The monoisotopic (exact) mass is 311 g/mol. The Labute approximate surface area is 128 Å². The van der Waals surface area contributed by atoms with E-state index in [-0.39, 0.29) is 11.6 Å². The molecule has 3 N–H and O–H groups in total. The lowest BCUT2D eigenvalue weighted by molar-refractivity contribution is -0.0123. The number of rotatable bonds is 4. The molecular formula is C13H21N5O2S. The zero-order valence-electron chi connectivity index (χ0n) is 11.9. The van der Waals surface area contributed by atoms with Gasteiger partial charge in [0.2, 0.25) is 0 Å². The van der Waals surface area contributed by atoms with Crippen LogP contribution in [-0.4, -0.2) is 71.0 Å². The van der Waals surface area contributed by atoms with E-state index >= 15 is 0 Å².